The summed E-state index contributed by atoms with van der Waals surface area (Å²) in [6.07, 6.45) is 0. The third-order valence-electron chi connectivity index (χ3n) is 3.63. The van der Waals surface area contributed by atoms with E-state index in [-0.39, 0.29) is 11.1 Å². The zero-order chi connectivity index (χ0) is 15.3. The molecule has 0 bridgehead atoms. The smallest absolute Gasteiger partial charge is 0.231 e. The Morgan fingerprint density at radius 3 is 2.82 bits per heavy atom. The van der Waals surface area contributed by atoms with Crippen LogP contribution in [0.2, 0.25) is 5.02 Å². The molecule has 0 aliphatic carbocycles. The van der Waals surface area contributed by atoms with Crippen molar-refractivity contribution >= 4 is 44.6 Å². The largest absolute Gasteiger partial charge is 0.494 e. The molecule has 0 radical (unpaired) electrons. The van der Waals surface area contributed by atoms with Crippen molar-refractivity contribution < 1.29 is 9.15 Å². The molecule has 108 valence electrons. The van der Waals surface area contributed by atoms with Gasteiger partial charge in [-0.25, -0.2) is 4.98 Å². The van der Waals surface area contributed by atoms with Crippen LogP contribution in [-0.2, 0) is 0 Å². The molecule has 0 unspecified atom stereocenters. The van der Waals surface area contributed by atoms with Crippen molar-refractivity contribution in [1.29, 1.82) is 0 Å². The van der Waals surface area contributed by atoms with Gasteiger partial charge in [-0.2, -0.15) is 0 Å². The molecule has 0 N–H and O–H groups in total. The number of hydrogen-bond donors (Lipinski definition) is 0. The quantitative estimate of drug-likeness (QED) is 0.495. The summed E-state index contributed by atoms with van der Waals surface area (Å²) in [5, 5.41) is 2.19. The first-order chi connectivity index (χ1) is 10.7. The van der Waals surface area contributed by atoms with Gasteiger partial charge in [-0.15, -0.1) is 0 Å². The molecular formula is C17H10ClNO3. The van der Waals surface area contributed by atoms with E-state index in [0.717, 1.165) is 5.39 Å². The number of ether oxygens (including phenoxy) is 1. The molecule has 0 spiro atoms. The minimum absolute atomic E-state index is 0.143. The van der Waals surface area contributed by atoms with Gasteiger partial charge < -0.3 is 9.15 Å². The fourth-order valence-corrected chi connectivity index (χ4v) is 2.75. The molecule has 4 nitrogen and oxygen atoms in total. The lowest BCUT2D eigenvalue weighted by Gasteiger charge is -2.06. The fraction of sp³-hybridized carbons (Fsp3) is 0.0588. The molecule has 0 aliphatic heterocycles. The summed E-state index contributed by atoms with van der Waals surface area (Å²) in [4.78, 5) is 17.1. The maximum atomic E-state index is 12.6. The van der Waals surface area contributed by atoms with Crippen molar-refractivity contribution in [1.82, 2.24) is 4.98 Å². The number of benzene rings is 2. The first-order valence-electron chi connectivity index (χ1n) is 6.67. The number of halogens is 1. The third kappa shape index (κ3) is 1.84. The number of para-hydroxylation sites is 1. The van der Waals surface area contributed by atoms with Gasteiger partial charge in [0.05, 0.1) is 17.9 Å². The molecule has 0 aliphatic rings. The number of rotatable bonds is 1. The van der Waals surface area contributed by atoms with E-state index in [4.69, 9.17) is 20.8 Å². The van der Waals surface area contributed by atoms with E-state index in [1.807, 2.05) is 18.2 Å². The second-order valence-corrected chi connectivity index (χ2v) is 5.38. The Balaban J connectivity index is 2.21. The lowest BCUT2D eigenvalue weighted by atomic mass is 10.1. The van der Waals surface area contributed by atoms with E-state index in [9.17, 15) is 4.79 Å². The van der Waals surface area contributed by atoms with Crippen LogP contribution in [0.4, 0.5) is 0 Å². The van der Waals surface area contributed by atoms with E-state index < -0.39 is 0 Å². The predicted molar refractivity (Wildman–Crippen MR) is 86.9 cm³/mol. The van der Waals surface area contributed by atoms with Gasteiger partial charge in [0.1, 0.15) is 16.8 Å². The van der Waals surface area contributed by atoms with E-state index in [1.165, 1.54) is 0 Å². The highest BCUT2D eigenvalue weighted by Gasteiger charge is 2.12. The summed E-state index contributed by atoms with van der Waals surface area (Å²) in [6, 6.07) is 12.3. The van der Waals surface area contributed by atoms with Gasteiger partial charge in [-0.05, 0) is 30.3 Å². The van der Waals surface area contributed by atoms with Crippen molar-refractivity contribution in [2.75, 3.05) is 7.11 Å². The Hall–Kier alpha value is -2.59. The van der Waals surface area contributed by atoms with Crippen LogP contribution in [0.15, 0.2) is 51.7 Å². The first kappa shape index (κ1) is 13.1. The fourth-order valence-electron chi connectivity index (χ4n) is 2.58. The summed E-state index contributed by atoms with van der Waals surface area (Å²) in [5.74, 6) is 0.637. The molecule has 22 heavy (non-hydrogen) atoms. The number of hydrogen-bond acceptors (Lipinski definition) is 4. The van der Waals surface area contributed by atoms with Crippen LogP contribution in [0, 0.1) is 0 Å². The highest BCUT2D eigenvalue weighted by atomic mass is 35.5. The standard InChI is InChI=1S/C17H10ClNO3/c1-21-14-4-2-3-9-7-12-16(20)11-8-10(18)5-6-13(11)22-17(12)19-15(9)14/h2-8H,1H3. The van der Waals surface area contributed by atoms with Gasteiger partial charge in [-0.3, -0.25) is 4.79 Å². The Bertz CT molecular complexity index is 1100. The molecule has 0 atom stereocenters. The molecule has 2 aromatic carbocycles. The van der Waals surface area contributed by atoms with Crippen LogP contribution in [0.3, 0.4) is 0 Å². The van der Waals surface area contributed by atoms with Crippen molar-refractivity contribution in [3.8, 4) is 5.75 Å². The van der Waals surface area contributed by atoms with E-state index in [1.54, 1.807) is 31.4 Å². The average Bonchev–Trinajstić information content (AvgIpc) is 2.54. The van der Waals surface area contributed by atoms with Gasteiger partial charge >= 0.3 is 0 Å². The summed E-state index contributed by atoms with van der Waals surface area (Å²) in [6.45, 7) is 0. The molecule has 4 aromatic rings. The van der Waals surface area contributed by atoms with Crippen LogP contribution in [0.25, 0.3) is 33.0 Å². The highest BCUT2D eigenvalue weighted by Crippen LogP contribution is 2.27. The molecule has 5 heteroatoms. The SMILES string of the molecule is COc1cccc2cc3c(=O)c4cc(Cl)ccc4oc3nc12. The van der Waals surface area contributed by atoms with E-state index in [0.29, 0.717) is 32.6 Å². The molecular weight excluding hydrogens is 302 g/mol. The summed E-state index contributed by atoms with van der Waals surface area (Å²) < 4.78 is 11.1. The lowest BCUT2D eigenvalue weighted by Crippen LogP contribution is -2.03. The van der Waals surface area contributed by atoms with Crippen molar-refractivity contribution in [3.05, 3.63) is 57.7 Å². The Morgan fingerprint density at radius 1 is 1.14 bits per heavy atom. The van der Waals surface area contributed by atoms with Gasteiger partial charge in [0, 0.05) is 10.4 Å². The molecule has 2 heterocycles. The lowest BCUT2D eigenvalue weighted by molar-refractivity contribution is 0.419. The van der Waals surface area contributed by atoms with Crippen LogP contribution in [-0.4, -0.2) is 12.1 Å². The van der Waals surface area contributed by atoms with Crippen LogP contribution >= 0.6 is 11.6 Å². The average molecular weight is 312 g/mol. The molecule has 0 fully saturated rings. The molecule has 0 saturated heterocycles. The van der Waals surface area contributed by atoms with Crippen molar-refractivity contribution in [2.24, 2.45) is 0 Å². The zero-order valence-electron chi connectivity index (χ0n) is 11.6. The van der Waals surface area contributed by atoms with Gasteiger partial charge in [-0.1, -0.05) is 23.7 Å². The van der Waals surface area contributed by atoms with E-state index in [2.05, 4.69) is 4.98 Å². The van der Waals surface area contributed by atoms with Crippen LogP contribution in [0.5, 0.6) is 5.75 Å². The normalized spacial score (nSPS) is 11.4. The molecule has 0 saturated carbocycles. The van der Waals surface area contributed by atoms with E-state index >= 15 is 0 Å². The number of fused-ring (bicyclic) bond motifs is 3. The number of aromatic nitrogens is 1. The number of methoxy groups -OCH3 is 1. The highest BCUT2D eigenvalue weighted by molar-refractivity contribution is 6.31. The Morgan fingerprint density at radius 2 is 2.00 bits per heavy atom. The second kappa shape index (κ2) is 4.71. The van der Waals surface area contributed by atoms with Gasteiger partial charge in [0.15, 0.2) is 0 Å². The predicted octanol–water partition coefficient (Wildman–Crippen LogP) is 4.16. The minimum Gasteiger partial charge on any atom is -0.494 e. The maximum absolute atomic E-state index is 12.6. The number of nitrogens with zero attached hydrogens (tertiary/aromatic N) is 1. The van der Waals surface area contributed by atoms with Gasteiger partial charge in [0.2, 0.25) is 11.1 Å². The summed E-state index contributed by atoms with van der Waals surface area (Å²) in [5.41, 5.74) is 1.27. The van der Waals surface area contributed by atoms with Crippen molar-refractivity contribution in [2.45, 2.75) is 0 Å². The van der Waals surface area contributed by atoms with Crippen molar-refractivity contribution in [3.63, 3.8) is 0 Å². The van der Waals surface area contributed by atoms with Crippen LogP contribution < -0.4 is 10.2 Å². The van der Waals surface area contributed by atoms with Gasteiger partial charge in [0.25, 0.3) is 0 Å². The molecule has 0 amide bonds. The Labute approximate surface area is 129 Å². The van der Waals surface area contributed by atoms with Crippen LogP contribution in [0.1, 0.15) is 0 Å². The molecule has 4 rings (SSSR count). The summed E-state index contributed by atoms with van der Waals surface area (Å²) >= 11 is 5.96. The second-order valence-electron chi connectivity index (χ2n) is 4.94. The monoisotopic (exact) mass is 311 g/mol. The first-order valence-corrected chi connectivity index (χ1v) is 7.05. The topological polar surface area (TPSA) is 52.3 Å². The molecule has 2 aromatic heterocycles. The zero-order valence-corrected chi connectivity index (χ0v) is 12.3. The minimum atomic E-state index is -0.143. The Kier molecular flexibility index (Phi) is 2.81. The number of pyridine rings is 1. The third-order valence-corrected chi connectivity index (χ3v) is 3.87. The summed E-state index contributed by atoms with van der Waals surface area (Å²) in [7, 11) is 1.58. The maximum Gasteiger partial charge on any atom is 0.231 e.